The summed E-state index contributed by atoms with van der Waals surface area (Å²) in [6.07, 6.45) is 3.27. The fourth-order valence-corrected chi connectivity index (χ4v) is 3.89. The number of nitrogens with one attached hydrogen (secondary N) is 2. The first-order chi connectivity index (χ1) is 12.4. The molecule has 8 heteroatoms. The molecule has 2 aromatic carbocycles. The van der Waals surface area contributed by atoms with Crippen LogP contribution in [0.3, 0.4) is 0 Å². The molecule has 1 saturated carbocycles. The average Bonchev–Trinajstić information content (AvgIpc) is 2.60. The number of nitro groups is 1. The minimum Gasteiger partial charge on any atom is -0.372 e. The molecule has 3 rings (SSSR count). The Morgan fingerprint density at radius 1 is 1.15 bits per heavy atom. The zero-order valence-electron chi connectivity index (χ0n) is 14.4. The first kappa shape index (κ1) is 18.3. The van der Waals surface area contributed by atoms with Crippen LogP contribution >= 0.6 is 0 Å². The lowest BCUT2D eigenvalue weighted by Crippen LogP contribution is -2.26. The van der Waals surface area contributed by atoms with Gasteiger partial charge in [0.15, 0.2) is 0 Å². The van der Waals surface area contributed by atoms with Crippen molar-refractivity contribution in [1.29, 1.82) is 0 Å². The molecule has 1 aliphatic carbocycles. The van der Waals surface area contributed by atoms with Gasteiger partial charge in [-0.15, -0.1) is 0 Å². The van der Waals surface area contributed by atoms with Crippen molar-refractivity contribution >= 4 is 21.4 Å². The number of rotatable bonds is 7. The maximum atomic E-state index is 11.9. The predicted molar refractivity (Wildman–Crippen MR) is 99.5 cm³/mol. The van der Waals surface area contributed by atoms with Crippen LogP contribution in [0.5, 0.6) is 0 Å². The normalized spacial score (nSPS) is 15.9. The summed E-state index contributed by atoms with van der Waals surface area (Å²) in [7, 11) is -2.47. The van der Waals surface area contributed by atoms with Crippen LogP contribution in [0.4, 0.5) is 11.4 Å². The summed E-state index contributed by atoms with van der Waals surface area (Å²) in [6.45, 7) is 0. The van der Waals surface area contributed by atoms with E-state index in [1.54, 1.807) is 0 Å². The van der Waals surface area contributed by atoms with E-state index in [9.17, 15) is 18.5 Å². The van der Waals surface area contributed by atoms with Crippen LogP contribution in [0.25, 0.3) is 0 Å². The minimum atomic E-state index is -3.74. The molecule has 0 radical (unpaired) electrons. The number of sulfonamides is 1. The van der Waals surface area contributed by atoms with Crippen LogP contribution in [-0.2, 0) is 10.0 Å². The molecule has 1 unspecified atom stereocenters. The van der Waals surface area contributed by atoms with Crippen LogP contribution in [-0.4, -0.2) is 20.4 Å². The first-order valence-electron chi connectivity index (χ1n) is 8.46. The van der Waals surface area contributed by atoms with Gasteiger partial charge in [-0.05, 0) is 43.5 Å². The first-order valence-corrected chi connectivity index (χ1v) is 9.94. The van der Waals surface area contributed by atoms with Gasteiger partial charge in [-0.3, -0.25) is 10.1 Å². The summed E-state index contributed by atoms with van der Waals surface area (Å²) in [6, 6.07) is 13.7. The lowest BCUT2D eigenvalue weighted by Gasteiger charge is -2.35. The average molecular weight is 375 g/mol. The molecule has 1 atom stereocenters. The van der Waals surface area contributed by atoms with Gasteiger partial charge < -0.3 is 5.32 Å². The summed E-state index contributed by atoms with van der Waals surface area (Å²) < 4.78 is 26.1. The zero-order chi connectivity index (χ0) is 18.7. The van der Waals surface area contributed by atoms with Gasteiger partial charge in [0.25, 0.3) is 5.69 Å². The highest BCUT2D eigenvalue weighted by molar-refractivity contribution is 7.89. The van der Waals surface area contributed by atoms with E-state index in [-0.39, 0.29) is 16.6 Å². The number of anilines is 1. The van der Waals surface area contributed by atoms with Crippen molar-refractivity contribution in [1.82, 2.24) is 4.72 Å². The monoisotopic (exact) mass is 375 g/mol. The second kappa shape index (κ2) is 7.43. The van der Waals surface area contributed by atoms with Crippen LogP contribution in [0, 0.1) is 16.0 Å². The van der Waals surface area contributed by atoms with Crippen LogP contribution in [0.15, 0.2) is 53.4 Å². The van der Waals surface area contributed by atoms with Gasteiger partial charge in [-0.2, -0.15) is 0 Å². The van der Waals surface area contributed by atoms with Crippen molar-refractivity contribution in [2.45, 2.75) is 30.2 Å². The number of nitro benzene ring substituents is 1. The number of benzene rings is 2. The molecule has 1 aliphatic rings. The van der Waals surface area contributed by atoms with E-state index in [2.05, 4.69) is 10.0 Å². The predicted octanol–water partition coefficient (Wildman–Crippen LogP) is 3.46. The van der Waals surface area contributed by atoms with Crippen molar-refractivity contribution in [2.75, 3.05) is 12.4 Å². The Hall–Kier alpha value is -2.45. The van der Waals surface area contributed by atoms with Gasteiger partial charge in [0.2, 0.25) is 10.0 Å². The van der Waals surface area contributed by atoms with E-state index in [1.807, 2.05) is 30.3 Å². The van der Waals surface area contributed by atoms with Gasteiger partial charge in [0, 0.05) is 6.07 Å². The summed E-state index contributed by atoms with van der Waals surface area (Å²) >= 11 is 0. The molecule has 1 fully saturated rings. The maximum Gasteiger partial charge on any atom is 0.293 e. The van der Waals surface area contributed by atoms with E-state index >= 15 is 0 Å². The van der Waals surface area contributed by atoms with E-state index < -0.39 is 14.9 Å². The standard InChI is InChI=1S/C18H21N3O4S/c1-19-26(24,25)15-10-11-16(17(12-15)21(22)23)20-18(14-8-5-9-14)13-6-3-2-4-7-13/h2-4,6-7,10-12,14,18-20H,5,8-9H2,1H3. The molecular formula is C18H21N3O4S. The molecular weight excluding hydrogens is 354 g/mol. The highest BCUT2D eigenvalue weighted by Gasteiger charge is 2.30. The van der Waals surface area contributed by atoms with Crippen molar-refractivity contribution in [3.8, 4) is 0 Å². The van der Waals surface area contributed by atoms with Crippen molar-refractivity contribution in [3.63, 3.8) is 0 Å². The van der Waals surface area contributed by atoms with Gasteiger partial charge in [0.1, 0.15) is 5.69 Å². The van der Waals surface area contributed by atoms with Gasteiger partial charge in [-0.25, -0.2) is 13.1 Å². The molecule has 0 aromatic heterocycles. The molecule has 2 N–H and O–H groups in total. The van der Waals surface area contributed by atoms with Gasteiger partial charge in [-0.1, -0.05) is 36.8 Å². The molecule has 0 aliphatic heterocycles. The Bertz CT molecular complexity index is 896. The van der Waals surface area contributed by atoms with Crippen LogP contribution in [0.2, 0.25) is 0 Å². The summed E-state index contributed by atoms with van der Waals surface area (Å²) in [5, 5.41) is 14.8. The molecule has 7 nitrogen and oxygen atoms in total. The Morgan fingerprint density at radius 2 is 1.85 bits per heavy atom. The summed E-state index contributed by atoms with van der Waals surface area (Å²) in [5.41, 5.74) is 1.14. The molecule has 0 amide bonds. The van der Waals surface area contributed by atoms with Crippen molar-refractivity contribution in [3.05, 3.63) is 64.2 Å². The Kier molecular flexibility index (Phi) is 5.24. The third-order valence-corrected chi connectivity index (χ3v) is 6.25. The summed E-state index contributed by atoms with van der Waals surface area (Å²) in [5.74, 6) is 0.401. The molecule has 2 aromatic rings. The molecule has 0 spiro atoms. The van der Waals surface area contributed by atoms with E-state index in [0.717, 1.165) is 30.9 Å². The number of nitrogens with zero attached hydrogens (tertiary/aromatic N) is 1. The molecule has 0 bridgehead atoms. The second-order valence-electron chi connectivity index (χ2n) is 6.37. The van der Waals surface area contributed by atoms with Crippen molar-refractivity contribution in [2.24, 2.45) is 5.92 Å². The van der Waals surface area contributed by atoms with Crippen LogP contribution < -0.4 is 10.0 Å². The molecule has 0 saturated heterocycles. The van der Waals surface area contributed by atoms with E-state index in [0.29, 0.717) is 11.6 Å². The SMILES string of the molecule is CNS(=O)(=O)c1ccc(NC(c2ccccc2)C2CCC2)c([N+](=O)[O-])c1. The maximum absolute atomic E-state index is 11.9. The third-order valence-electron chi connectivity index (χ3n) is 4.84. The third kappa shape index (κ3) is 3.71. The zero-order valence-corrected chi connectivity index (χ0v) is 15.2. The quantitative estimate of drug-likeness (QED) is 0.570. The lowest BCUT2D eigenvalue weighted by molar-refractivity contribution is -0.384. The van der Waals surface area contributed by atoms with E-state index in [4.69, 9.17) is 0 Å². The fraction of sp³-hybridized carbons (Fsp3) is 0.333. The Labute approximate surface area is 152 Å². The highest BCUT2D eigenvalue weighted by Crippen LogP contribution is 2.41. The summed E-state index contributed by atoms with van der Waals surface area (Å²) in [4.78, 5) is 10.8. The number of hydrogen-bond acceptors (Lipinski definition) is 5. The lowest BCUT2D eigenvalue weighted by atomic mass is 9.77. The Balaban J connectivity index is 1.98. The molecule has 138 valence electrons. The minimum absolute atomic E-state index is 0.0459. The van der Waals surface area contributed by atoms with Gasteiger partial charge >= 0.3 is 0 Å². The van der Waals surface area contributed by atoms with Gasteiger partial charge in [0.05, 0.1) is 15.9 Å². The fourth-order valence-electron chi connectivity index (χ4n) is 3.14. The van der Waals surface area contributed by atoms with E-state index in [1.165, 1.54) is 19.2 Å². The number of hydrogen-bond donors (Lipinski definition) is 2. The highest BCUT2D eigenvalue weighted by atomic mass is 32.2. The smallest absolute Gasteiger partial charge is 0.293 e. The second-order valence-corrected chi connectivity index (χ2v) is 8.25. The van der Waals surface area contributed by atoms with Crippen molar-refractivity contribution < 1.29 is 13.3 Å². The molecule has 0 heterocycles. The van der Waals surface area contributed by atoms with Crippen LogP contribution in [0.1, 0.15) is 30.9 Å². The molecule has 26 heavy (non-hydrogen) atoms. The largest absolute Gasteiger partial charge is 0.372 e. The topological polar surface area (TPSA) is 101 Å². The Morgan fingerprint density at radius 3 is 2.38 bits per heavy atom.